The Morgan fingerprint density at radius 3 is 2.15 bits per heavy atom. The first-order valence-electron chi connectivity index (χ1n) is 2.89. The SMILES string of the molecule is Nc1[nH]c(=O)[nH]c(=O)c1S(=O)(=O)Cl. The normalized spacial score (nSPS) is 11.5. The molecule has 0 fully saturated rings. The number of anilines is 1. The first-order valence-corrected chi connectivity index (χ1v) is 5.20. The molecule has 0 aliphatic carbocycles. The minimum atomic E-state index is -4.25. The second-order valence-electron chi connectivity index (χ2n) is 2.09. The molecule has 0 radical (unpaired) electrons. The lowest BCUT2D eigenvalue weighted by Gasteiger charge is -1.97. The van der Waals surface area contributed by atoms with Crippen LogP contribution in [0.25, 0.3) is 0 Å². The van der Waals surface area contributed by atoms with Crippen molar-refractivity contribution in [2.24, 2.45) is 0 Å². The molecule has 1 rings (SSSR count). The van der Waals surface area contributed by atoms with Crippen molar-refractivity contribution in [1.82, 2.24) is 9.97 Å². The van der Waals surface area contributed by atoms with Crippen molar-refractivity contribution in [3.63, 3.8) is 0 Å². The molecular formula is C4H4ClN3O4S. The highest BCUT2D eigenvalue weighted by molar-refractivity contribution is 8.13. The van der Waals surface area contributed by atoms with E-state index in [1.165, 1.54) is 0 Å². The van der Waals surface area contributed by atoms with E-state index < -0.39 is 31.0 Å². The fraction of sp³-hybridized carbons (Fsp3) is 0. The Hall–Kier alpha value is -1.28. The first kappa shape index (κ1) is 9.81. The molecule has 0 amide bonds. The first-order chi connectivity index (χ1) is 5.82. The van der Waals surface area contributed by atoms with Gasteiger partial charge in [-0.1, -0.05) is 0 Å². The van der Waals surface area contributed by atoms with Gasteiger partial charge in [0.25, 0.3) is 14.6 Å². The third-order valence-electron chi connectivity index (χ3n) is 1.17. The third kappa shape index (κ3) is 1.90. The zero-order valence-corrected chi connectivity index (χ0v) is 7.57. The summed E-state index contributed by atoms with van der Waals surface area (Å²) in [6.07, 6.45) is 0. The van der Waals surface area contributed by atoms with Crippen LogP contribution in [0.1, 0.15) is 0 Å². The van der Waals surface area contributed by atoms with E-state index in [-0.39, 0.29) is 0 Å². The van der Waals surface area contributed by atoms with Gasteiger partial charge in [-0.15, -0.1) is 0 Å². The van der Waals surface area contributed by atoms with Crippen LogP contribution in [0.15, 0.2) is 14.5 Å². The van der Waals surface area contributed by atoms with Crippen molar-refractivity contribution in [3.8, 4) is 0 Å². The zero-order valence-electron chi connectivity index (χ0n) is 6.00. The molecule has 0 saturated heterocycles. The van der Waals surface area contributed by atoms with Gasteiger partial charge < -0.3 is 5.73 Å². The number of H-pyrrole nitrogens is 2. The van der Waals surface area contributed by atoms with Crippen LogP contribution in [0.4, 0.5) is 5.82 Å². The van der Waals surface area contributed by atoms with Gasteiger partial charge in [-0.25, -0.2) is 13.2 Å². The predicted molar refractivity (Wildman–Crippen MR) is 45.1 cm³/mol. The molecule has 0 atom stereocenters. The molecule has 0 aliphatic heterocycles. The van der Waals surface area contributed by atoms with Gasteiger partial charge in [0, 0.05) is 10.7 Å². The van der Waals surface area contributed by atoms with E-state index >= 15 is 0 Å². The third-order valence-corrected chi connectivity index (χ3v) is 2.53. The molecule has 0 saturated carbocycles. The van der Waals surface area contributed by atoms with Gasteiger partial charge in [-0.05, 0) is 0 Å². The van der Waals surface area contributed by atoms with Crippen LogP contribution in [-0.2, 0) is 9.05 Å². The van der Waals surface area contributed by atoms with Crippen molar-refractivity contribution < 1.29 is 8.42 Å². The van der Waals surface area contributed by atoms with Gasteiger partial charge in [-0.3, -0.25) is 14.8 Å². The molecule has 4 N–H and O–H groups in total. The average Bonchev–Trinajstić information content (AvgIpc) is 1.78. The fourth-order valence-electron chi connectivity index (χ4n) is 0.735. The Kier molecular flexibility index (Phi) is 2.18. The Balaban J connectivity index is 3.77. The van der Waals surface area contributed by atoms with Crippen molar-refractivity contribution >= 4 is 25.6 Å². The highest BCUT2D eigenvalue weighted by Crippen LogP contribution is 2.12. The van der Waals surface area contributed by atoms with Gasteiger partial charge in [0.05, 0.1) is 0 Å². The minimum Gasteiger partial charge on any atom is -0.384 e. The molecule has 1 heterocycles. The highest BCUT2D eigenvalue weighted by Gasteiger charge is 2.19. The second-order valence-corrected chi connectivity index (χ2v) is 4.59. The van der Waals surface area contributed by atoms with Gasteiger partial charge >= 0.3 is 5.69 Å². The van der Waals surface area contributed by atoms with E-state index in [1.807, 2.05) is 4.98 Å². The number of hydrogen-bond donors (Lipinski definition) is 3. The van der Waals surface area contributed by atoms with Crippen LogP contribution in [-0.4, -0.2) is 18.4 Å². The molecule has 1 aromatic rings. The molecular weight excluding hydrogens is 222 g/mol. The number of nitrogens with one attached hydrogen (secondary N) is 2. The summed E-state index contributed by atoms with van der Waals surface area (Å²) in [6, 6.07) is 0. The van der Waals surface area contributed by atoms with E-state index in [9.17, 15) is 18.0 Å². The molecule has 0 spiro atoms. The lowest BCUT2D eigenvalue weighted by molar-refractivity contribution is 0.608. The molecule has 0 aliphatic rings. The summed E-state index contributed by atoms with van der Waals surface area (Å²) in [5, 5.41) is 0. The lowest BCUT2D eigenvalue weighted by atomic mass is 10.6. The maximum Gasteiger partial charge on any atom is 0.327 e. The van der Waals surface area contributed by atoms with Crippen LogP contribution in [0, 0.1) is 0 Å². The summed E-state index contributed by atoms with van der Waals surface area (Å²) in [4.78, 5) is 24.2. The summed E-state index contributed by atoms with van der Waals surface area (Å²) in [7, 11) is 0.624. The average molecular weight is 226 g/mol. The Labute approximate surface area is 76.0 Å². The van der Waals surface area contributed by atoms with Gasteiger partial charge in [0.2, 0.25) is 0 Å². The summed E-state index contributed by atoms with van der Waals surface area (Å²) < 4.78 is 21.5. The van der Waals surface area contributed by atoms with E-state index in [0.717, 1.165) is 0 Å². The molecule has 0 aromatic carbocycles. The second kappa shape index (κ2) is 2.89. The maximum atomic E-state index is 10.9. The number of aromatic nitrogens is 2. The quantitative estimate of drug-likeness (QED) is 0.505. The van der Waals surface area contributed by atoms with Crippen LogP contribution in [0.3, 0.4) is 0 Å². The number of halogens is 1. The van der Waals surface area contributed by atoms with Crippen molar-refractivity contribution in [3.05, 3.63) is 20.8 Å². The summed E-state index contributed by atoms with van der Waals surface area (Å²) in [5.41, 5.74) is 3.03. The molecule has 1 aromatic heterocycles. The number of hydrogen-bond acceptors (Lipinski definition) is 5. The van der Waals surface area contributed by atoms with Crippen LogP contribution in [0.2, 0.25) is 0 Å². The zero-order chi connectivity index (χ0) is 10.2. The van der Waals surface area contributed by atoms with Crippen LogP contribution >= 0.6 is 10.7 Å². The van der Waals surface area contributed by atoms with Crippen molar-refractivity contribution in [2.45, 2.75) is 4.90 Å². The number of rotatable bonds is 1. The largest absolute Gasteiger partial charge is 0.384 e. The summed E-state index contributed by atoms with van der Waals surface area (Å²) in [6.45, 7) is 0. The van der Waals surface area contributed by atoms with E-state index in [1.54, 1.807) is 4.98 Å². The molecule has 13 heavy (non-hydrogen) atoms. The number of nitrogens with two attached hydrogens (primary N) is 1. The Morgan fingerprint density at radius 2 is 1.77 bits per heavy atom. The molecule has 72 valence electrons. The Bertz CT molecular complexity index is 541. The predicted octanol–water partition coefficient (Wildman–Crippen LogP) is -1.43. The maximum absolute atomic E-state index is 10.9. The monoisotopic (exact) mass is 225 g/mol. The van der Waals surface area contributed by atoms with E-state index in [0.29, 0.717) is 0 Å². The molecule has 7 nitrogen and oxygen atoms in total. The van der Waals surface area contributed by atoms with E-state index in [2.05, 4.69) is 0 Å². The number of nitrogen functional groups attached to an aromatic ring is 1. The number of aromatic amines is 2. The molecule has 9 heteroatoms. The standard InChI is InChI=1S/C4H4ClN3O4S/c5-13(11,12)1-2(6)7-4(10)8-3(1)9/h(H4,6,7,8,9,10). The lowest BCUT2D eigenvalue weighted by Crippen LogP contribution is -2.28. The topological polar surface area (TPSA) is 126 Å². The molecule has 0 bridgehead atoms. The minimum absolute atomic E-state index is 0.580. The van der Waals surface area contributed by atoms with Crippen molar-refractivity contribution in [1.29, 1.82) is 0 Å². The van der Waals surface area contributed by atoms with Gasteiger partial charge in [0.15, 0.2) is 4.90 Å². The van der Waals surface area contributed by atoms with Crippen molar-refractivity contribution in [2.75, 3.05) is 5.73 Å². The smallest absolute Gasteiger partial charge is 0.327 e. The van der Waals surface area contributed by atoms with Gasteiger partial charge in [0.1, 0.15) is 5.82 Å². The summed E-state index contributed by atoms with van der Waals surface area (Å²) >= 11 is 0. The fourth-order valence-corrected chi connectivity index (χ4v) is 1.78. The van der Waals surface area contributed by atoms with Gasteiger partial charge in [-0.2, -0.15) is 0 Å². The van der Waals surface area contributed by atoms with Crippen LogP contribution in [0.5, 0.6) is 0 Å². The highest BCUT2D eigenvalue weighted by atomic mass is 35.7. The molecule has 0 unspecified atom stereocenters. The summed E-state index contributed by atoms with van der Waals surface area (Å²) in [5.74, 6) is -0.580. The van der Waals surface area contributed by atoms with Crippen LogP contribution < -0.4 is 17.0 Å². The Morgan fingerprint density at radius 1 is 1.23 bits per heavy atom. The van der Waals surface area contributed by atoms with E-state index in [4.69, 9.17) is 16.4 Å².